The molecule has 0 bridgehead atoms. The van der Waals surface area contributed by atoms with Gasteiger partial charge in [-0.25, -0.2) is 8.42 Å². The maximum Gasteiger partial charge on any atom is 0.265 e. The molecule has 0 radical (unpaired) electrons. The Bertz CT molecular complexity index is 1370. The van der Waals surface area contributed by atoms with Crippen LogP contribution in [0.4, 0.5) is 5.69 Å². The van der Waals surface area contributed by atoms with Gasteiger partial charge in [0.25, 0.3) is 10.0 Å². The fraction of sp³-hybridized carbons (Fsp3) is 0.379. The summed E-state index contributed by atoms with van der Waals surface area (Å²) < 4.78 is 27.9. The summed E-state index contributed by atoms with van der Waals surface area (Å²) in [4.78, 5) is 28.1. The summed E-state index contributed by atoms with van der Waals surface area (Å²) >= 11 is 0. The molecular formula is C29H35N3O4S. The number of carbonyl (C=O) groups excluding carboxylic acids is 2. The molecule has 0 saturated carbocycles. The number of rotatable bonds is 11. The quantitative estimate of drug-likeness (QED) is 0.406. The number of amides is 2. The Balaban J connectivity index is 1.45. The van der Waals surface area contributed by atoms with Gasteiger partial charge in [0.05, 0.1) is 10.6 Å². The summed E-state index contributed by atoms with van der Waals surface area (Å²) in [6.45, 7) is 6.95. The lowest BCUT2D eigenvalue weighted by Gasteiger charge is -2.29. The van der Waals surface area contributed by atoms with Gasteiger partial charge >= 0.3 is 0 Å². The van der Waals surface area contributed by atoms with Crippen LogP contribution < -0.4 is 9.62 Å². The molecule has 0 saturated heterocycles. The molecule has 7 nitrogen and oxygen atoms in total. The predicted molar refractivity (Wildman–Crippen MR) is 147 cm³/mol. The largest absolute Gasteiger partial charge is 0.354 e. The third kappa shape index (κ3) is 5.80. The molecule has 0 spiro atoms. The second-order valence-electron chi connectivity index (χ2n) is 9.95. The molecule has 1 N–H and O–H groups in total. The van der Waals surface area contributed by atoms with Gasteiger partial charge in [0, 0.05) is 31.4 Å². The molecule has 2 amide bonds. The molecule has 3 aromatic carbocycles. The molecule has 0 aromatic heterocycles. The molecule has 4 rings (SSSR count). The van der Waals surface area contributed by atoms with Crippen LogP contribution in [0.3, 0.4) is 0 Å². The maximum atomic E-state index is 13.4. The van der Waals surface area contributed by atoms with Crippen molar-refractivity contribution >= 4 is 38.3 Å². The first-order valence-corrected chi connectivity index (χ1v) is 14.3. The molecule has 37 heavy (non-hydrogen) atoms. The Kier molecular flexibility index (Phi) is 8.17. The fourth-order valence-electron chi connectivity index (χ4n) is 4.74. The van der Waals surface area contributed by atoms with E-state index in [2.05, 4.69) is 5.32 Å². The smallest absolute Gasteiger partial charge is 0.265 e. The summed E-state index contributed by atoms with van der Waals surface area (Å²) in [7, 11) is -3.66. The topological polar surface area (TPSA) is 86.8 Å². The minimum Gasteiger partial charge on any atom is -0.354 e. The Morgan fingerprint density at radius 3 is 2.35 bits per heavy atom. The minimum atomic E-state index is -3.66. The third-order valence-corrected chi connectivity index (χ3v) is 8.62. The van der Waals surface area contributed by atoms with Gasteiger partial charge in [0.15, 0.2) is 0 Å². The minimum absolute atomic E-state index is 0.148. The van der Waals surface area contributed by atoms with Gasteiger partial charge in [-0.1, -0.05) is 68.4 Å². The normalized spacial score (nSPS) is 14.6. The van der Waals surface area contributed by atoms with E-state index >= 15 is 0 Å². The first-order chi connectivity index (χ1) is 17.7. The molecule has 1 unspecified atom stereocenters. The Labute approximate surface area is 219 Å². The van der Waals surface area contributed by atoms with Gasteiger partial charge in [-0.3, -0.25) is 13.9 Å². The van der Waals surface area contributed by atoms with E-state index in [4.69, 9.17) is 0 Å². The van der Waals surface area contributed by atoms with Gasteiger partial charge in [-0.05, 0) is 48.8 Å². The molecule has 8 heteroatoms. The van der Waals surface area contributed by atoms with E-state index in [0.717, 1.165) is 16.3 Å². The van der Waals surface area contributed by atoms with Crippen LogP contribution in [0.25, 0.3) is 10.8 Å². The van der Waals surface area contributed by atoms with E-state index in [-0.39, 0.29) is 24.8 Å². The highest BCUT2D eigenvalue weighted by molar-refractivity contribution is 7.93. The second-order valence-corrected chi connectivity index (χ2v) is 11.8. The molecule has 3 aromatic rings. The van der Waals surface area contributed by atoms with Crippen molar-refractivity contribution in [3.8, 4) is 0 Å². The molecule has 196 valence electrons. The first-order valence-electron chi connectivity index (χ1n) is 12.9. The lowest BCUT2D eigenvalue weighted by Crippen LogP contribution is -2.49. The average molecular weight is 522 g/mol. The van der Waals surface area contributed by atoms with E-state index in [1.165, 1.54) is 4.31 Å². The highest BCUT2D eigenvalue weighted by Gasteiger charge is 2.35. The van der Waals surface area contributed by atoms with Crippen molar-refractivity contribution in [2.45, 2.75) is 51.0 Å². The summed E-state index contributed by atoms with van der Waals surface area (Å²) in [5, 5.41) is 4.54. The summed E-state index contributed by atoms with van der Waals surface area (Å²) in [5.41, 5.74) is 1.74. The lowest BCUT2D eigenvalue weighted by molar-refractivity contribution is -0.140. The lowest BCUT2D eigenvalue weighted by atomic mass is 10.1. The number of hydrogen-bond donors (Lipinski definition) is 1. The molecule has 1 atom stereocenters. The fourth-order valence-corrected chi connectivity index (χ4v) is 6.49. The van der Waals surface area contributed by atoms with E-state index in [9.17, 15) is 18.0 Å². The van der Waals surface area contributed by atoms with Crippen LogP contribution in [0.2, 0.25) is 0 Å². The van der Waals surface area contributed by atoms with Crippen LogP contribution in [-0.4, -0.2) is 50.8 Å². The zero-order valence-electron chi connectivity index (χ0n) is 21.7. The Morgan fingerprint density at radius 2 is 1.65 bits per heavy atom. The molecule has 1 aliphatic rings. The number of carbonyl (C=O) groups is 2. The average Bonchev–Trinajstić information content (AvgIpc) is 3.11. The van der Waals surface area contributed by atoms with Crippen molar-refractivity contribution in [2.24, 2.45) is 5.92 Å². The first kappa shape index (κ1) is 26.7. The summed E-state index contributed by atoms with van der Waals surface area (Å²) in [5.74, 6) is -0.0320. The summed E-state index contributed by atoms with van der Waals surface area (Å²) in [6, 6.07) is 20.1. The number of anilines is 1. The molecular weight excluding hydrogens is 486 g/mol. The number of benzene rings is 3. The van der Waals surface area contributed by atoms with Crippen LogP contribution in [0.5, 0.6) is 0 Å². The van der Waals surface area contributed by atoms with Crippen LogP contribution >= 0.6 is 0 Å². The SMILES string of the molecule is CC(C)CNC(=O)C(C)N(CCc1ccccc1)C(=O)CCCN1c2cccc3cccc(c23)S1(=O)=O. The zero-order chi connectivity index (χ0) is 26.6. The number of nitrogens with one attached hydrogen (secondary N) is 1. The monoisotopic (exact) mass is 521 g/mol. The van der Waals surface area contributed by atoms with Crippen molar-refractivity contribution in [2.75, 3.05) is 23.9 Å². The van der Waals surface area contributed by atoms with Gasteiger partial charge in [-0.15, -0.1) is 0 Å². The van der Waals surface area contributed by atoms with Crippen molar-refractivity contribution in [1.82, 2.24) is 10.2 Å². The van der Waals surface area contributed by atoms with Crippen molar-refractivity contribution in [1.29, 1.82) is 0 Å². The van der Waals surface area contributed by atoms with Gasteiger partial charge in [0.1, 0.15) is 6.04 Å². The number of hydrogen-bond acceptors (Lipinski definition) is 4. The zero-order valence-corrected chi connectivity index (χ0v) is 22.5. The van der Waals surface area contributed by atoms with Crippen molar-refractivity contribution < 1.29 is 18.0 Å². The molecule has 0 fully saturated rings. The Morgan fingerprint density at radius 1 is 0.946 bits per heavy atom. The van der Waals surface area contributed by atoms with Gasteiger partial charge < -0.3 is 10.2 Å². The van der Waals surface area contributed by atoms with E-state index < -0.39 is 16.1 Å². The number of nitrogens with zero attached hydrogens (tertiary/aromatic N) is 2. The maximum absolute atomic E-state index is 13.4. The van der Waals surface area contributed by atoms with Crippen LogP contribution in [0, 0.1) is 5.92 Å². The van der Waals surface area contributed by atoms with Crippen LogP contribution in [0.15, 0.2) is 71.6 Å². The van der Waals surface area contributed by atoms with Crippen LogP contribution in [-0.2, 0) is 26.0 Å². The van der Waals surface area contributed by atoms with E-state index in [1.54, 1.807) is 24.0 Å². The predicted octanol–water partition coefficient (Wildman–Crippen LogP) is 4.36. The van der Waals surface area contributed by atoms with E-state index in [1.807, 2.05) is 68.4 Å². The third-order valence-electron chi connectivity index (χ3n) is 6.77. The molecule has 1 heterocycles. The molecule has 0 aliphatic carbocycles. The standard InChI is InChI=1S/C29H35N3O4S/c1-21(2)20-30-29(34)22(3)31(19-17-23-10-5-4-6-11-23)27(33)16-9-18-32-25-14-7-12-24-13-8-15-26(28(24)25)37(32,35)36/h4-8,10-15,21-22H,9,16-20H2,1-3H3,(H,30,34). The molecule has 1 aliphatic heterocycles. The number of sulfonamides is 1. The highest BCUT2D eigenvalue weighted by Crippen LogP contribution is 2.42. The van der Waals surface area contributed by atoms with Gasteiger partial charge in [0.2, 0.25) is 11.8 Å². The summed E-state index contributed by atoms with van der Waals surface area (Å²) in [6.07, 6.45) is 1.13. The van der Waals surface area contributed by atoms with E-state index in [0.29, 0.717) is 42.4 Å². The second kappa shape index (κ2) is 11.3. The highest BCUT2D eigenvalue weighted by atomic mass is 32.2. The Hall–Kier alpha value is -3.39. The van der Waals surface area contributed by atoms with Crippen molar-refractivity contribution in [3.05, 3.63) is 72.3 Å². The van der Waals surface area contributed by atoms with Gasteiger partial charge in [-0.2, -0.15) is 0 Å². The van der Waals surface area contributed by atoms with Crippen molar-refractivity contribution in [3.63, 3.8) is 0 Å². The van der Waals surface area contributed by atoms with Crippen LogP contribution in [0.1, 0.15) is 39.2 Å².